The van der Waals surface area contributed by atoms with Crippen molar-refractivity contribution >= 4 is 11.6 Å². The second-order valence-corrected chi connectivity index (χ2v) is 5.24. The maximum absolute atomic E-state index is 10.3. The molecule has 3 nitrogen and oxygen atoms in total. The van der Waals surface area contributed by atoms with E-state index < -0.39 is 0 Å². The number of benzene rings is 2. The lowest BCUT2D eigenvalue weighted by Crippen LogP contribution is -1.84. The van der Waals surface area contributed by atoms with Crippen LogP contribution in [0.15, 0.2) is 60.9 Å². The zero-order chi connectivity index (χ0) is 15.1. The topological polar surface area (TPSA) is 53.4 Å². The molecular weight excluding hydrogens is 274 g/mol. The highest BCUT2D eigenvalue weighted by Crippen LogP contribution is 2.51. The number of hydrogen-bond acceptors (Lipinski definition) is 3. The Bertz CT molecular complexity index is 899. The quantitative estimate of drug-likeness (QED) is 0.519. The van der Waals surface area contributed by atoms with Crippen LogP contribution in [0.3, 0.4) is 0 Å². The highest BCUT2D eigenvalue weighted by atomic mass is 16.3. The van der Waals surface area contributed by atoms with Gasteiger partial charge in [0, 0.05) is 18.0 Å². The summed E-state index contributed by atoms with van der Waals surface area (Å²) in [6, 6.07) is 15.2. The third-order valence-electron chi connectivity index (χ3n) is 3.95. The third-order valence-corrected chi connectivity index (χ3v) is 3.95. The van der Waals surface area contributed by atoms with E-state index in [4.69, 9.17) is 0 Å². The molecule has 0 aliphatic heterocycles. The van der Waals surface area contributed by atoms with Crippen molar-refractivity contribution < 1.29 is 10.2 Å². The monoisotopic (exact) mass is 287 g/mol. The van der Waals surface area contributed by atoms with E-state index in [-0.39, 0.29) is 11.5 Å². The minimum atomic E-state index is -0.104. The Morgan fingerprint density at radius 2 is 1.50 bits per heavy atom. The van der Waals surface area contributed by atoms with E-state index in [1.54, 1.807) is 12.4 Å². The first-order chi connectivity index (χ1) is 10.8. The molecule has 1 aliphatic rings. The van der Waals surface area contributed by atoms with Gasteiger partial charge in [-0.15, -0.1) is 0 Å². The van der Waals surface area contributed by atoms with Crippen molar-refractivity contribution in [3.05, 3.63) is 77.6 Å². The van der Waals surface area contributed by atoms with E-state index in [9.17, 15) is 10.2 Å². The molecular formula is C19H13NO2. The van der Waals surface area contributed by atoms with E-state index >= 15 is 0 Å². The molecule has 22 heavy (non-hydrogen) atoms. The number of pyridine rings is 1. The molecule has 4 rings (SSSR count). The summed E-state index contributed by atoms with van der Waals surface area (Å²) in [4.78, 5) is 4.02. The highest BCUT2D eigenvalue weighted by Gasteiger charge is 2.27. The van der Waals surface area contributed by atoms with Gasteiger partial charge in [0.1, 0.15) is 0 Å². The van der Waals surface area contributed by atoms with Crippen molar-refractivity contribution in [1.29, 1.82) is 0 Å². The fourth-order valence-electron chi connectivity index (χ4n) is 2.94. The number of aromatic nitrogens is 1. The number of rotatable bonds is 1. The summed E-state index contributed by atoms with van der Waals surface area (Å²) >= 11 is 0. The van der Waals surface area contributed by atoms with Gasteiger partial charge in [0.15, 0.2) is 11.5 Å². The van der Waals surface area contributed by atoms with Gasteiger partial charge in [0.25, 0.3) is 0 Å². The van der Waals surface area contributed by atoms with Gasteiger partial charge in [-0.1, -0.05) is 24.3 Å². The Morgan fingerprint density at radius 1 is 0.773 bits per heavy atom. The minimum absolute atomic E-state index is 0.0750. The van der Waals surface area contributed by atoms with Gasteiger partial charge >= 0.3 is 0 Å². The molecule has 0 atom stereocenters. The largest absolute Gasteiger partial charge is 0.504 e. The number of hydrogen-bond donors (Lipinski definition) is 2. The van der Waals surface area contributed by atoms with Crippen LogP contribution in [0, 0.1) is 0 Å². The van der Waals surface area contributed by atoms with Gasteiger partial charge in [0.05, 0.1) is 0 Å². The first kappa shape index (κ1) is 12.7. The van der Waals surface area contributed by atoms with Crippen molar-refractivity contribution in [2.75, 3.05) is 0 Å². The summed E-state index contributed by atoms with van der Waals surface area (Å²) in [6.07, 6.45) is 5.47. The van der Waals surface area contributed by atoms with E-state index in [0.717, 1.165) is 27.8 Å². The van der Waals surface area contributed by atoms with Crippen LogP contribution >= 0.6 is 0 Å². The minimum Gasteiger partial charge on any atom is -0.504 e. The molecule has 0 saturated carbocycles. The molecule has 2 N–H and O–H groups in total. The SMILES string of the molecule is Oc1ccc2c(c1O)/C(=C/c1ccncc1)c1ccccc1-2. The third kappa shape index (κ3) is 1.79. The van der Waals surface area contributed by atoms with Gasteiger partial charge in [-0.25, -0.2) is 0 Å². The predicted molar refractivity (Wildman–Crippen MR) is 86.4 cm³/mol. The molecule has 1 aromatic heterocycles. The smallest absolute Gasteiger partial charge is 0.166 e. The molecule has 3 heteroatoms. The highest BCUT2D eigenvalue weighted by molar-refractivity contribution is 6.08. The van der Waals surface area contributed by atoms with Crippen LogP contribution in [0.4, 0.5) is 0 Å². The number of aromatic hydroxyl groups is 2. The second-order valence-electron chi connectivity index (χ2n) is 5.24. The zero-order valence-corrected chi connectivity index (χ0v) is 11.7. The van der Waals surface area contributed by atoms with E-state index in [2.05, 4.69) is 4.98 Å². The Hall–Kier alpha value is -3.07. The molecule has 106 valence electrons. The van der Waals surface area contributed by atoms with Gasteiger partial charge in [-0.3, -0.25) is 4.98 Å². The Morgan fingerprint density at radius 3 is 2.27 bits per heavy atom. The number of fused-ring (bicyclic) bond motifs is 3. The standard InChI is InChI=1S/C19H13NO2/c21-17-6-5-15-13-3-1-2-4-14(13)16(18(15)19(17)22)11-12-7-9-20-10-8-12/h1-11,21-22H/b16-11+. The fourth-order valence-corrected chi connectivity index (χ4v) is 2.94. The first-order valence-electron chi connectivity index (χ1n) is 7.02. The molecule has 1 aliphatic carbocycles. The predicted octanol–water partition coefficient (Wildman–Crippen LogP) is 4.06. The molecule has 0 fully saturated rings. The van der Waals surface area contributed by atoms with Crippen LogP contribution in [0.2, 0.25) is 0 Å². The molecule has 2 aromatic carbocycles. The summed E-state index contributed by atoms with van der Waals surface area (Å²) in [5.41, 5.74) is 5.63. The van der Waals surface area contributed by atoms with Crippen LogP contribution in [-0.4, -0.2) is 15.2 Å². The number of phenolic OH excluding ortho intramolecular Hbond substituents is 2. The fraction of sp³-hybridized carbons (Fsp3) is 0. The van der Waals surface area contributed by atoms with E-state index in [1.807, 2.05) is 48.5 Å². The van der Waals surface area contributed by atoms with Crippen molar-refractivity contribution in [2.24, 2.45) is 0 Å². The van der Waals surface area contributed by atoms with Gasteiger partial charge in [0.2, 0.25) is 0 Å². The Balaban J connectivity index is 2.04. The normalized spacial score (nSPS) is 13.9. The van der Waals surface area contributed by atoms with Crippen LogP contribution in [0.1, 0.15) is 16.7 Å². The molecule has 3 aromatic rings. The number of nitrogens with zero attached hydrogens (tertiary/aromatic N) is 1. The lowest BCUT2D eigenvalue weighted by molar-refractivity contribution is 0.403. The zero-order valence-electron chi connectivity index (χ0n) is 11.7. The summed E-state index contributed by atoms with van der Waals surface area (Å²) in [5.74, 6) is -0.179. The van der Waals surface area contributed by atoms with Crippen LogP contribution in [0.25, 0.3) is 22.8 Å². The maximum Gasteiger partial charge on any atom is 0.166 e. The number of phenols is 2. The molecule has 0 amide bonds. The van der Waals surface area contributed by atoms with Crippen LogP contribution < -0.4 is 0 Å². The molecule has 0 spiro atoms. The maximum atomic E-state index is 10.3. The lowest BCUT2D eigenvalue weighted by atomic mass is 10.0. The van der Waals surface area contributed by atoms with Crippen molar-refractivity contribution in [3.63, 3.8) is 0 Å². The Kier molecular flexibility index (Phi) is 2.73. The first-order valence-corrected chi connectivity index (χ1v) is 7.02. The summed E-state index contributed by atoms with van der Waals surface area (Å²) in [7, 11) is 0. The molecule has 0 saturated heterocycles. The van der Waals surface area contributed by atoms with Crippen molar-refractivity contribution in [1.82, 2.24) is 4.98 Å². The summed E-state index contributed by atoms with van der Waals surface area (Å²) < 4.78 is 0. The molecule has 0 bridgehead atoms. The molecule has 0 radical (unpaired) electrons. The van der Waals surface area contributed by atoms with Crippen LogP contribution in [0.5, 0.6) is 11.5 Å². The average Bonchev–Trinajstić information content (AvgIpc) is 2.87. The van der Waals surface area contributed by atoms with E-state index in [1.165, 1.54) is 6.07 Å². The molecule has 0 unspecified atom stereocenters. The average molecular weight is 287 g/mol. The second kappa shape index (κ2) is 4.74. The van der Waals surface area contributed by atoms with E-state index in [0.29, 0.717) is 5.56 Å². The lowest BCUT2D eigenvalue weighted by Gasteiger charge is -2.07. The van der Waals surface area contributed by atoms with Gasteiger partial charge < -0.3 is 10.2 Å². The summed E-state index contributed by atoms with van der Waals surface area (Å²) in [6.45, 7) is 0. The molecule has 1 heterocycles. The van der Waals surface area contributed by atoms with Gasteiger partial charge in [-0.2, -0.15) is 0 Å². The van der Waals surface area contributed by atoms with Crippen molar-refractivity contribution in [3.8, 4) is 22.6 Å². The van der Waals surface area contributed by atoms with Crippen LogP contribution in [-0.2, 0) is 0 Å². The van der Waals surface area contributed by atoms with Gasteiger partial charge in [-0.05, 0) is 58.2 Å². The Labute approximate surface area is 127 Å². The van der Waals surface area contributed by atoms with Crippen molar-refractivity contribution in [2.45, 2.75) is 0 Å². The summed E-state index contributed by atoms with van der Waals surface area (Å²) in [5, 5.41) is 20.2.